The second-order valence-electron chi connectivity index (χ2n) is 5.59. The zero-order chi connectivity index (χ0) is 16.2. The van der Waals surface area contributed by atoms with E-state index >= 15 is 0 Å². The molecule has 4 nitrogen and oxygen atoms in total. The van der Waals surface area contributed by atoms with Crippen LogP contribution in [-0.4, -0.2) is 15.0 Å². The first-order valence-electron chi connectivity index (χ1n) is 7.30. The van der Waals surface area contributed by atoms with Gasteiger partial charge < -0.3 is 5.73 Å². The SMILES string of the molecule is CC(C)c1ccc(C(N)CNS(=O)(=O)c2ccccc2)cc1. The van der Waals surface area contributed by atoms with E-state index < -0.39 is 10.0 Å². The summed E-state index contributed by atoms with van der Waals surface area (Å²) in [5.74, 6) is 0.460. The minimum Gasteiger partial charge on any atom is -0.323 e. The Morgan fingerprint density at radius 3 is 2.05 bits per heavy atom. The van der Waals surface area contributed by atoms with Gasteiger partial charge in [-0.1, -0.05) is 56.3 Å². The molecule has 1 atom stereocenters. The molecule has 0 aromatic heterocycles. The fourth-order valence-electron chi connectivity index (χ4n) is 2.13. The Morgan fingerprint density at radius 2 is 1.50 bits per heavy atom. The Morgan fingerprint density at radius 1 is 0.955 bits per heavy atom. The van der Waals surface area contributed by atoms with Crippen molar-refractivity contribution >= 4 is 10.0 Å². The number of benzene rings is 2. The third-order valence-electron chi connectivity index (χ3n) is 3.58. The van der Waals surface area contributed by atoms with Crippen LogP contribution < -0.4 is 10.5 Å². The molecule has 2 aromatic rings. The highest BCUT2D eigenvalue weighted by Crippen LogP contribution is 2.18. The molecular weight excluding hydrogens is 296 g/mol. The molecule has 1 unspecified atom stereocenters. The molecule has 2 aromatic carbocycles. The lowest BCUT2D eigenvalue weighted by molar-refractivity contribution is 0.572. The van der Waals surface area contributed by atoms with Crippen LogP contribution in [0.1, 0.15) is 36.9 Å². The summed E-state index contributed by atoms with van der Waals surface area (Å²) in [6, 6.07) is 15.9. The fraction of sp³-hybridized carbons (Fsp3) is 0.294. The molecule has 0 aliphatic carbocycles. The Hall–Kier alpha value is -1.69. The predicted octanol–water partition coefficient (Wildman–Crippen LogP) is 2.79. The van der Waals surface area contributed by atoms with Crippen molar-refractivity contribution in [3.8, 4) is 0 Å². The number of nitrogens with two attached hydrogens (primary N) is 1. The minimum atomic E-state index is -3.51. The van der Waals surface area contributed by atoms with Crippen molar-refractivity contribution < 1.29 is 8.42 Å². The van der Waals surface area contributed by atoms with Gasteiger partial charge in [-0.25, -0.2) is 13.1 Å². The van der Waals surface area contributed by atoms with Gasteiger partial charge in [0.15, 0.2) is 0 Å². The van der Waals surface area contributed by atoms with Gasteiger partial charge in [-0.3, -0.25) is 0 Å². The summed E-state index contributed by atoms with van der Waals surface area (Å²) in [4.78, 5) is 0.248. The highest BCUT2D eigenvalue weighted by molar-refractivity contribution is 7.89. The smallest absolute Gasteiger partial charge is 0.240 e. The van der Waals surface area contributed by atoms with Crippen LogP contribution in [0.25, 0.3) is 0 Å². The van der Waals surface area contributed by atoms with Gasteiger partial charge in [0, 0.05) is 12.6 Å². The molecule has 22 heavy (non-hydrogen) atoms. The third-order valence-corrected chi connectivity index (χ3v) is 5.02. The summed E-state index contributed by atoms with van der Waals surface area (Å²) in [6.07, 6.45) is 0. The van der Waals surface area contributed by atoms with Gasteiger partial charge in [0.2, 0.25) is 10.0 Å². The topological polar surface area (TPSA) is 72.2 Å². The van der Waals surface area contributed by atoms with Crippen LogP contribution in [0.3, 0.4) is 0 Å². The van der Waals surface area contributed by atoms with Gasteiger partial charge in [-0.2, -0.15) is 0 Å². The predicted molar refractivity (Wildman–Crippen MR) is 89.1 cm³/mol. The van der Waals surface area contributed by atoms with E-state index in [0.717, 1.165) is 5.56 Å². The second-order valence-corrected chi connectivity index (χ2v) is 7.36. The van der Waals surface area contributed by atoms with Crippen LogP contribution in [0.4, 0.5) is 0 Å². The fourth-order valence-corrected chi connectivity index (χ4v) is 3.21. The third kappa shape index (κ3) is 4.16. The highest BCUT2D eigenvalue weighted by Gasteiger charge is 2.15. The molecule has 0 aliphatic heterocycles. The van der Waals surface area contributed by atoms with E-state index in [4.69, 9.17) is 5.73 Å². The lowest BCUT2D eigenvalue weighted by atomic mass is 9.99. The van der Waals surface area contributed by atoms with Crippen LogP contribution in [0, 0.1) is 0 Å². The van der Waals surface area contributed by atoms with Gasteiger partial charge in [-0.15, -0.1) is 0 Å². The summed E-state index contributed by atoms with van der Waals surface area (Å²) >= 11 is 0. The lowest BCUT2D eigenvalue weighted by Crippen LogP contribution is -2.31. The zero-order valence-corrected chi connectivity index (χ0v) is 13.7. The minimum absolute atomic E-state index is 0.165. The number of rotatable bonds is 6. The van der Waals surface area contributed by atoms with Crippen LogP contribution >= 0.6 is 0 Å². The van der Waals surface area contributed by atoms with Gasteiger partial charge >= 0.3 is 0 Å². The van der Waals surface area contributed by atoms with Crippen LogP contribution in [0.2, 0.25) is 0 Å². The average Bonchev–Trinajstić information content (AvgIpc) is 2.53. The maximum absolute atomic E-state index is 12.1. The van der Waals surface area contributed by atoms with Crippen LogP contribution in [0.15, 0.2) is 59.5 Å². The molecule has 118 valence electrons. The van der Waals surface area contributed by atoms with Crippen molar-refractivity contribution in [3.05, 3.63) is 65.7 Å². The number of sulfonamides is 1. The van der Waals surface area contributed by atoms with E-state index in [2.05, 4.69) is 18.6 Å². The lowest BCUT2D eigenvalue weighted by Gasteiger charge is -2.15. The monoisotopic (exact) mass is 318 g/mol. The molecule has 0 saturated heterocycles. The van der Waals surface area contributed by atoms with Crippen molar-refractivity contribution in [2.24, 2.45) is 5.73 Å². The summed E-state index contributed by atoms with van der Waals surface area (Å²) in [6.45, 7) is 4.42. The maximum Gasteiger partial charge on any atom is 0.240 e. The Bertz CT molecular complexity index is 695. The van der Waals surface area contributed by atoms with E-state index in [0.29, 0.717) is 5.92 Å². The largest absolute Gasteiger partial charge is 0.323 e. The first-order valence-corrected chi connectivity index (χ1v) is 8.78. The van der Waals surface area contributed by atoms with E-state index in [-0.39, 0.29) is 17.5 Å². The second kappa shape index (κ2) is 7.05. The Labute approximate surface area is 132 Å². The summed E-state index contributed by atoms with van der Waals surface area (Å²) in [7, 11) is -3.51. The Balaban J connectivity index is 2.02. The summed E-state index contributed by atoms with van der Waals surface area (Å²) < 4.78 is 26.8. The Kier molecular flexibility index (Phi) is 5.34. The standard InChI is InChI=1S/C17H22N2O2S/c1-13(2)14-8-10-15(11-9-14)17(18)12-19-22(20,21)16-6-4-3-5-7-16/h3-11,13,17,19H,12,18H2,1-2H3. The van der Waals surface area contributed by atoms with E-state index in [1.54, 1.807) is 30.3 Å². The molecule has 0 heterocycles. The first kappa shape index (κ1) is 16.7. The molecule has 0 radical (unpaired) electrons. The van der Waals surface area contributed by atoms with Crippen molar-refractivity contribution in [2.75, 3.05) is 6.54 Å². The van der Waals surface area contributed by atoms with Gasteiger partial charge in [0.05, 0.1) is 4.90 Å². The normalized spacial score (nSPS) is 13.3. The number of nitrogens with one attached hydrogen (secondary N) is 1. The average molecular weight is 318 g/mol. The van der Waals surface area contributed by atoms with Crippen molar-refractivity contribution in [1.82, 2.24) is 4.72 Å². The van der Waals surface area contributed by atoms with Crippen LogP contribution in [-0.2, 0) is 10.0 Å². The van der Waals surface area contributed by atoms with E-state index in [1.165, 1.54) is 5.56 Å². The van der Waals surface area contributed by atoms with E-state index in [1.807, 2.05) is 24.3 Å². The summed E-state index contributed by atoms with van der Waals surface area (Å²) in [5.41, 5.74) is 8.23. The number of hydrogen-bond acceptors (Lipinski definition) is 3. The van der Waals surface area contributed by atoms with Gasteiger partial charge in [0.1, 0.15) is 0 Å². The number of hydrogen-bond donors (Lipinski definition) is 2. The zero-order valence-electron chi connectivity index (χ0n) is 12.9. The highest BCUT2D eigenvalue weighted by atomic mass is 32.2. The molecule has 2 rings (SSSR count). The van der Waals surface area contributed by atoms with Gasteiger partial charge in [-0.05, 0) is 29.2 Å². The van der Waals surface area contributed by atoms with Crippen molar-refractivity contribution in [3.63, 3.8) is 0 Å². The van der Waals surface area contributed by atoms with Gasteiger partial charge in [0.25, 0.3) is 0 Å². The molecule has 0 saturated carbocycles. The molecule has 0 aliphatic rings. The van der Waals surface area contributed by atoms with Crippen molar-refractivity contribution in [2.45, 2.75) is 30.7 Å². The molecule has 5 heteroatoms. The molecule has 0 spiro atoms. The molecule has 0 amide bonds. The van der Waals surface area contributed by atoms with E-state index in [9.17, 15) is 8.42 Å². The summed E-state index contributed by atoms with van der Waals surface area (Å²) in [5, 5.41) is 0. The van der Waals surface area contributed by atoms with Crippen LogP contribution in [0.5, 0.6) is 0 Å². The molecule has 0 bridgehead atoms. The first-order chi connectivity index (χ1) is 10.4. The molecule has 0 fully saturated rings. The molecule has 3 N–H and O–H groups in total. The molecular formula is C17H22N2O2S. The maximum atomic E-state index is 12.1. The quantitative estimate of drug-likeness (QED) is 0.860. The van der Waals surface area contributed by atoms with Crippen molar-refractivity contribution in [1.29, 1.82) is 0 Å².